The molecule has 0 heterocycles. The highest BCUT2D eigenvalue weighted by Gasteiger charge is 2.22. The molecular weight excluding hydrogens is 268 g/mol. The smallest absolute Gasteiger partial charge is 0.316 e. The van der Waals surface area contributed by atoms with Crippen molar-refractivity contribution in [1.29, 1.82) is 0 Å². The standard InChI is InChI=1S/C17H18O4/c1-12-4-3-5-15(10-12)21-11-16(17(19)20-2)13-6-8-14(18)9-7-13/h3-10,16,18H,11H2,1-2H3. The number of methoxy groups -OCH3 is 1. The van der Waals surface area contributed by atoms with Crippen LogP contribution in [-0.2, 0) is 9.53 Å². The molecule has 0 aromatic heterocycles. The predicted molar refractivity (Wildman–Crippen MR) is 79.5 cm³/mol. The van der Waals surface area contributed by atoms with E-state index in [1.165, 1.54) is 19.2 Å². The minimum Gasteiger partial charge on any atom is -0.508 e. The third kappa shape index (κ3) is 3.99. The molecule has 1 atom stereocenters. The number of ether oxygens (including phenoxy) is 2. The second kappa shape index (κ2) is 6.79. The highest BCUT2D eigenvalue weighted by Crippen LogP contribution is 2.22. The molecule has 0 aliphatic carbocycles. The van der Waals surface area contributed by atoms with Gasteiger partial charge < -0.3 is 14.6 Å². The normalized spacial score (nSPS) is 11.7. The van der Waals surface area contributed by atoms with E-state index in [0.717, 1.165) is 11.1 Å². The van der Waals surface area contributed by atoms with Crippen molar-refractivity contribution in [2.45, 2.75) is 12.8 Å². The number of rotatable bonds is 5. The SMILES string of the molecule is COC(=O)C(COc1cccc(C)c1)c1ccc(O)cc1. The van der Waals surface area contributed by atoms with Crippen LogP contribution in [0, 0.1) is 6.92 Å². The molecule has 0 spiro atoms. The quantitative estimate of drug-likeness (QED) is 0.858. The molecule has 2 rings (SSSR count). The highest BCUT2D eigenvalue weighted by atomic mass is 16.5. The van der Waals surface area contributed by atoms with Crippen LogP contribution in [0.1, 0.15) is 17.0 Å². The topological polar surface area (TPSA) is 55.8 Å². The van der Waals surface area contributed by atoms with Gasteiger partial charge in [-0.2, -0.15) is 0 Å². The van der Waals surface area contributed by atoms with Gasteiger partial charge in [0.1, 0.15) is 24.0 Å². The number of aromatic hydroxyl groups is 1. The molecule has 2 aromatic rings. The van der Waals surface area contributed by atoms with Crippen molar-refractivity contribution in [1.82, 2.24) is 0 Å². The van der Waals surface area contributed by atoms with E-state index in [4.69, 9.17) is 9.47 Å². The molecular formula is C17H18O4. The summed E-state index contributed by atoms with van der Waals surface area (Å²) in [6.07, 6.45) is 0. The zero-order valence-corrected chi connectivity index (χ0v) is 12.1. The highest BCUT2D eigenvalue weighted by molar-refractivity contribution is 5.78. The van der Waals surface area contributed by atoms with Crippen molar-refractivity contribution >= 4 is 5.97 Å². The van der Waals surface area contributed by atoms with Crippen LogP contribution in [-0.4, -0.2) is 24.8 Å². The molecule has 1 N–H and O–H groups in total. The summed E-state index contributed by atoms with van der Waals surface area (Å²) in [6.45, 7) is 2.16. The van der Waals surface area contributed by atoms with E-state index in [9.17, 15) is 9.90 Å². The zero-order valence-electron chi connectivity index (χ0n) is 12.1. The van der Waals surface area contributed by atoms with Gasteiger partial charge in [0.25, 0.3) is 0 Å². The van der Waals surface area contributed by atoms with Crippen LogP contribution >= 0.6 is 0 Å². The Hall–Kier alpha value is -2.49. The first kappa shape index (κ1) is 14.9. The van der Waals surface area contributed by atoms with E-state index in [1.54, 1.807) is 12.1 Å². The van der Waals surface area contributed by atoms with Gasteiger partial charge in [0.2, 0.25) is 0 Å². The summed E-state index contributed by atoms with van der Waals surface area (Å²) in [5, 5.41) is 9.33. The fourth-order valence-corrected chi connectivity index (χ4v) is 2.03. The molecule has 0 bridgehead atoms. The third-order valence-electron chi connectivity index (χ3n) is 3.19. The summed E-state index contributed by atoms with van der Waals surface area (Å²) >= 11 is 0. The van der Waals surface area contributed by atoms with Crippen LogP contribution in [0.5, 0.6) is 11.5 Å². The molecule has 0 aliphatic rings. The van der Waals surface area contributed by atoms with Crippen molar-refractivity contribution < 1.29 is 19.4 Å². The van der Waals surface area contributed by atoms with Gasteiger partial charge in [-0.05, 0) is 42.3 Å². The van der Waals surface area contributed by atoms with E-state index in [0.29, 0.717) is 5.75 Å². The zero-order chi connectivity index (χ0) is 15.2. The number of benzene rings is 2. The van der Waals surface area contributed by atoms with Crippen LogP contribution in [0.15, 0.2) is 48.5 Å². The number of hydrogen-bond donors (Lipinski definition) is 1. The maximum absolute atomic E-state index is 11.9. The molecule has 1 unspecified atom stereocenters. The monoisotopic (exact) mass is 286 g/mol. The molecule has 4 nitrogen and oxygen atoms in total. The lowest BCUT2D eigenvalue weighted by atomic mass is 10.00. The molecule has 0 radical (unpaired) electrons. The molecule has 0 saturated heterocycles. The number of esters is 1. The van der Waals surface area contributed by atoms with Crippen LogP contribution in [0.4, 0.5) is 0 Å². The van der Waals surface area contributed by atoms with Gasteiger partial charge in [-0.15, -0.1) is 0 Å². The molecule has 0 fully saturated rings. The van der Waals surface area contributed by atoms with Gasteiger partial charge in [-0.1, -0.05) is 24.3 Å². The van der Waals surface area contributed by atoms with Crippen LogP contribution in [0.25, 0.3) is 0 Å². The summed E-state index contributed by atoms with van der Waals surface area (Å²) in [5.74, 6) is -0.0332. The number of aryl methyl sites for hydroxylation is 1. The second-order valence-electron chi connectivity index (χ2n) is 4.79. The lowest BCUT2D eigenvalue weighted by molar-refractivity contribution is -0.143. The van der Waals surface area contributed by atoms with E-state index in [-0.39, 0.29) is 18.3 Å². The van der Waals surface area contributed by atoms with Crippen molar-refractivity contribution in [2.24, 2.45) is 0 Å². The van der Waals surface area contributed by atoms with Gasteiger partial charge >= 0.3 is 5.97 Å². The Morgan fingerprint density at radius 1 is 1.19 bits per heavy atom. The Morgan fingerprint density at radius 3 is 2.52 bits per heavy atom. The van der Waals surface area contributed by atoms with Crippen molar-refractivity contribution in [3.8, 4) is 11.5 Å². The fraction of sp³-hybridized carbons (Fsp3) is 0.235. The minimum atomic E-state index is -0.531. The maximum Gasteiger partial charge on any atom is 0.316 e. The van der Waals surface area contributed by atoms with Crippen molar-refractivity contribution in [2.75, 3.05) is 13.7 Å². The first-order chi connectivity index (χ1) is 10.1. The van der Waals surface area contributed by atoms with E-state index < -0.39 is 5.92 Å². The number of hydrogen-bond acceptors (Lipinski definition) is 4. The lowest BCUT2D eigenvalue weighted by Gasteiger charge is -2.16. The van der Waals surface area contributed by atoms with Gasteiger partial charge in [0.05, 0.1) is 7.11 Å². The Kier molecular flexibility index (Phi) is 4.82. The molecule has 0 saturated carbocycles. The Labute approximate surface area is 123 Å². The predicted octanol–water partition coefficient (Wildman–Crippen LogP) is 3.04. The van der Waals surface area contributed by atoms with Crippen molar-refractivity contribution in [3.63, 3.8) is 0 Å². The number of phenolic OH excluding ortho intramolecular Hbond substituents is 1. The number of carbonyl (C=O) groups excluding carboxylic acids is 1. The molecule has 2 aromatic carbocycles. The molecule has 0 amide bonds. The first-order valence-corrected chi connectivity index (χ1v) is 6.66. The van der Waals surface area contributed by atoms with Crippen LogP contribution in [0.3, 0.4) is 0 Å². The molecule has 110 valence electrons. The average molecular weight is 286 g/mol. The van der Waals surface area contributed by atoms with Crippen LogP contribution < -0.4 is 4.74 Å². The Bertz CT molecular complexity index is 604. The molecule has 4 heteroatoms. The minimum absolute atomic E-state index is 0.155. The summed E-state index contributed by atoms with van der Waals surface area (Å²) in [7, 11) is 1.35. The van der Waals surface area contributed by atoms with Gasteiger partial charge in [-0.25, -0.2) is 0 Å². The van der Waals surface area contributed by atoms with Gasteiger partial charge in [-0.3, -0.25) is 4.79 Å². The van der Waals surface area contributed by atoms with Crippen molar-refractivity contribution in [3.05, 3.63) is 59.7 Å². The van der Waals surface area contributed by atoms with E-state index in [1.807, 2.05) is 31.2 Å². The van der Waals surface area contributed by atoms with Gasteiger partial charge in [0.15, 0.2) is 0 Å². The summed E-state index contributed by atoms with van der Waals surface area (Å²) in [4.78, 5) is 11.9. The summed E-state index contributed by atoms with van der Waals surface area (Å²) < 4.78 is 10.5. The maximum atomic E-state index is 11.9. The lowest BCUT2D eigenvalue weighted by Crippen LogP contribution is -2.21. The fourth-order valence-electron chi connectivity index (χ4n) is 2.03. The number of carbonyl (C=O) groups is 1. The Balaban J connectivity index is 2.13. The second-order valence-corrected chi connectivity index (χ2v) is 4.79. The van der Waals surface area contributed by atoms with E-state index >= 15 is 0 Å². The van der Waals surface area contributed by atoms with Crippen LogP contribution in [0.2, 0.25) is 0 Å². The van der Waals surface area contributed by atoms with E-state index in [2.05, 4.69) is 0 Å². The summed E-state index contributed by atoms with van der Waals surface area (Å²) in [6, 6.07) is 14.1. The largest absolute Gasteiger partial charge is 0.508 e. The molecule has 21 heavy (non-hydrogen) atoms. The Morgan fingerprint density at radius 2 is 1.90 bits per heavy atom. The summed E-state index contributed by atoms with van der Waals surface area (Å²) in [5.41, 5.74) is 1.83. The number of phenols is 1. The first-order valence-electron chi connectivity index (χ1n) is 6.66. The molecule has 0 aliphatic heterocycles. The van der Waals surface area contributed by atoms with Gasteiger partial charge in [0, 0.05) is 0 Å². The third-order valence-corrected chi connectivity index (χ3v) is 3.19. The average Bonchev–Trinajstić information content (AvgIpc) is 2.49.